The van der Waals surface area contributed by atoms with Gasteiger partial charge >= 0.3 is 0 Å². The van der Waals surface area contributed by atoms with Crippen LogP contribution in [0.5, 0.6) is 17.2 Å². The number of nitrogens with zero attached hydrogens (tertiary/aromatic N) is 1. The number of aromatic nitrogens is 2. The first kappa shape index (κ1) is 13.6. The molecule has 0 bridgehead atoms. The summed E-state index contributed by atoms with van der Waals surface area (Å²) in [6.45, 7) is 0.972. The van der Waals surface area contributed by atoms with Crippen LogP contribution in [0, 0.1) is 0 Å². The van der Waals surface area contributed by atoms with E-state index in [0.717, 1.165) is 22.1 Å². The highest BCUT2D eigenvalue weighted by Crippen LogP contribution is 2.46. The quantitative estimate of drug-likeness (QED) is 0.545. The van der Waals surface area contributed by atoms with E-state index in [1.807, 2.05) is 41.1 Å². The molecular formula is C18H13ClN2O3. The van der Waals surface area contributed by atoms with Crippen LogP contribution in [0.25, 0.3) is 27.7 Å². The number of aromatic hydroxyl groups is 1. The average Bonchev–Trinajstić information content (AvgIpc) is 3.16. The minimum Gasteiger partial charge on any atom is -0.507 e. The predicted octanol–water partition coefficient (Wildman–Crippen LogP) is 4.22. The fourth-order valence-corrected chi connectivity index (χ4v) is 3.61. The maximum atomic E-state index is 10.6. The summed E-state index contributed by atoms with van der Waals surface area (Å²) in [6.07, 6.45) is 3.79. The number of ether oxygens (including phenoxy) is 2. The van der Waals surface area contributed by atoms with E-state index in [-0.39, 0.29) is 5.75 Å². The van der Waals surface area contributed by atoms with Crippen molar-refractivity contribution in [2.45, 2.75) is 0 Å². The third-order valence-corrected chi connectivity index (χ3v) is 4.67. The first-order valence-electron chi connectivity index (χ1n) is 7.62. The monoisotopic (exact) mass is 340 g/mol. The van der Waals surface area contributed by atoms with Crippen LogP contribution in [0.15, 0.2) is 42.7 Å². The Bertz CT molecular complexity index is 1100. The van der Waals surface area contributed by atoms with Crippen LogP contribution in [0.4, 0.5) is 0 Å². The Morgan fingerprint density at radius 3 is 2.75 bits per heavy atom. The molecule has 2 aromatic heterocycles. The number of phenolic OH excluding ortho intramolecular Hbond substituents is 1. The van der Waals surface area contributed by atoms with E-state index in [4.69, 9.17) is 21.1 Å². The van der Waals surface area contributed by atoms with Crippen molar-refractivity contribution in [2.24, 2.45) is 0 Å². The number of rotatable bonds is 1. The second kappa shape index (κ2) is 4.85. The molecule has 2 aromatic carbocycles. The Morgan fingerprint density at radius 1 is 1.12 bits per heavy atom. The van der Waals surface area contributed by atoms with Gasteiger partial charge in [-0.05, 0) is 18.2 Å². The van der Waals surface area contributed by atoms with Gasteiger partial charge in [-0.2, -0.15) is 0 Å². The van der Waals surface area contributed by atoms with Gasteiger partial charge in [-0.3, -0.25) is 0 Å². The molecule has 0 radical (unpaired) electrons. The Morgan fingerprint density at radius 2 is 1.92 bits per heavy atom. The number of H-pyrrole nitrogens is 1. The van der Waals surface area contributed by atoms with E-state index < -0.39 is 0 Å². The molecule has 0 unspecified atom stereocenters. The third-order valence-electron chi connectivity index (χ3n) is 4.35. The van der Waals surface area contributed by atoms with Gasteiger partial charge < -0.3 is 24.0 Å². The molecule has 2 N–H and O–H groups in total. The molecule has 0 saturated carbocycles. The van der Waals surface area contributed by atoms with E-state index in [1.165, 1.54) is 0 Å². The Balaban J connectivity index is 1.90. The van der Waals surface area contributed by atoms with Gasteiger partial charge in [0, 0.05) is 35.0 Å². The SMILES string of the molecule is Oc1cc2c(cc1-c1c3c(Cl)cccc3n3cc[nH]c13)OCCO2. The van der Waals surface area contributed by atoms with Gasteiger partial charge in [-0.1, -0.05) is 17.7 Å². The zero-order chi connectivity index (χ0) is 16.3. The van der Waals surface area contributed by atoms with Crippen molar-refractivity contribution >= 4 is 28.2 Å². The molecule has 3 heterocycles. The van der Waals surface area contributed by atoms with Crippen LogP contribution < -0.4 is 9.47 Å². The summed E-state index contributed by atoms with van der Waals surface area (Å²) in [5, 5.41) is 12.1. The van der Waals surface area contributed by atoms with Crippen LogP contribution >= 0.6 is 11.6 Å². The molecule has 0 spiro atoms. The summed E-state index contributed by atoms with van der Waals surface area (Å²) in [6, 6.07) is 9.17. The summed E-state index contributed by atoms with van der Waals surface area (Å²) >= 11 is 6.47. The number of fused-ring (bicyclic) bond motifs is 4. The zero-order valence-corrected chi connectivity index (χ0v) is 13.3. The van der Waals surface area contributed by atoms with Crippen LogP contribution in [0.3, 0.4) is 0 Å². The summed E-state index contributed by atoms with van der Waals surface area (Å²) in [7, 11) is 0. The lowest BCUT2D eigenvalue weighted by molar-refractivity contribution is 0.171. The molecule has 5 rings (SSSR count). The van der Waals surface area contributed by atoms with E-state index in [9.17, 15) is 5.11 Å². The number of imidazole rings is 1. The fraction of sp³-hybridized carbons (Fsp3) is 0.111. The maximum Gasteiger partial charge on any atom is 0.165 e. The molecule has 6 heteroatoms. The summed E-state index contributed by atoms with van der Waals surface area (Å²) in [4.78, 5) is 3.23. The van der Waals surface area contributed by atoms with Crippen molar-refractivity contribution in [3.05, 3.63) is 47.7 Å². The van der Waals surface area contributed by atoms with Gasteiger partial charge in [0.15, 0.2) is 11.5 Å². The van der Waals surface area contributed by atoms with E-state index >= 15 is 0 Å². The molecular weight excluding hydrogens is 328 g/mol. The number of halogens is 1. The smallest absolute Gasteiger partial charge is 0.165 e. The van der Waals surface area contributed by atoms with Crippen LogP contribution in [0.1, 0.15) is 0 Å². The normalized spacial score (nSPS) is 13.7. The highest BCUT2D eigenvalue weighted by Gasteiger charge is 2.22. The van der Waals surface area contributed by atoms with Gasteiger partial charge in [0.1, 0.15) is 24.6 Å². The minimum absolute atomic E-state index is 0.128. The standard InChI is InChI=1S/C18H13ClN2O3/c19-11-2-1-3-12-17(11)16(18-20-4-5-21(12)18)10-8-14-15(9-13(10)22)24-7-6-23-14/h1-5,8-9,20,22H,6-7H2. The maximum absolute atomic E-state index is 10.6. The lowest BCUT2D eigenvalue weighted by atomic mass is 10.0. The van der Waals surface area contributed by atoms with Crippen molar-refractivity contribution in [3.8, 4) is 28.4 Å². The van der Waals surface area contributed by atoms with E-state index in [1.54, 1.807) is 6.07 Å². The van der Waals surface area contributed by atoms with Gasteiger partial charge in [-0.25, -0.2) is 0 Å². The van der Waals surface area contributed by atoms with Crippen molar-refractivity contribution in [1.82, 2.24) is 9.38 Å². The van der Waals surface area contributed by atoms with Gasteiger partial charge in [-0.15, -0.1) is 0 Å². The lowest BCUT2D eigenvalue weighted by Crippen LogP contribution is -2.15. The van der Waals surface area contributed by atoms with Crippen molar-refractivity contribution in [2.75, 3.05) is 13.2 Å². The number of nitrogens with one attached hydrogen (secondary N) is 1. The highest BCUT2D eigenvalue weighted by molar-refractivity contribution is 6.37. The first-order valence-corrected chi connectivity index (χ1v) is 8.00. The number of benzene rings is 2. The molecule has 1 aliphatic heterocycles. The molecule has 0 atom stereocenters. The van der Waals surface area contributed by atoms with Crippen LogP contribution in [0.2, 0.25) is 5.02 Å². The third kappa shape index (κ3) is 1.76. The summed E-state index contributed by atoms with van der Waals surface area (Å²) in [5.41, 5.74) is 3.34. The molecule has 0 fully saturated rings. The fourth-order valence-electron chi connectivity index (χ4n) is 3.35. The second-order valence-corrected chi connectivity index (χ2v) is 6.11. The topological polar surface area (TPSA) is 58.9 Å². The van der Waals surface area contributed by atoms with Crippen molar-refractivity contribution in [3.63, 3.8) is 0 Å². The Labute approximate surface area is 142 Å². The zero-order valence-electron chi connectivity index (χ0n) is 12.5. The largest absolute Gasteiger partial charge is 0.507 e. The molecule has 0 saturated heterocycles. The molecule has 0 aliphatic carbocycles. The molecule has 1 aliphatic rings. The van der Waals surface area contributed by atoms with Gasteiger partial charge in [0.2, 0.25) is 0 Å². The number of aromatic amines is 1. The molecule has 0 amide bonds. The minimum atomic E-state index is 0.128. The lowest BCUT2D eigenvalue weighted by Gasteiger charge is -2.19. The Hall–Kier alpha value is -2.79. The van der Waals surface area contributed by atoms with Crippen LogP contribution in [-0.2, 0) is 0 Å². The summed E-state index contributed by atoms with van der Waals surface area (Å²) < 4.78 is 13.2. The number of phenols is 1. The number of hydrogen-bond acceptors (Lipinski definition) is 3. The predicted molar refractivity (Wildman–Crippen MR) is 92.4 cm³/mol. The number of hydrogen-bond donors (Lipinski definition) is 2. The Kier molecular flexibility index (Phi) is 2.76. The molecule has 4 aromatic rings. The van der Waals surface area contributed by atoms with Gasteiger partial charge in [0.05, 0.1) is 10.5 Å². The average molecular weight is 341 g/mol. The highest BCUT2D eigenvalue weighted by atomic mass is 35.5. The first-order chi connectivity index (χ1) is 11.7. The molecule has 120 valence electrons. The van der Waals surface area contributed by atoms with E-state index in [0.29, 0.717) is 35.3 Å². The van der Waals surface area contributed by atoms with E-state index in [2.05, 4.69) is 4.98 Å². The molecule has 24 heavy (non-hydrogen) atoms. The molecule has 5 nitrogen and oxygen atoms in total. The van der Waals surface area contributed by atoms with Crippen molar-refractivity contribution < 1.29 is 14.6 Å². The second-order valence-electron chi connectivity index (χ2n) is 5.70. The van der Waals surface area contributed by atoms with Crippen LogP contribution in [-0.4, -0.2) is 27.7 Å². The van der Waals surface area contributed by atoms with Crippen molar-refractivity contribution in [1.29, 1.82) is 0 Å². The van der Waals surface area contributed by atoms with Gasteiger partial charge in [0.25, 0.3) is 0 Å². The summed E-state index contributed by atoms with van der Waals surface area (Å²) in [5.74, 6) is 1.31.